The normalized spacial score (nSPS) is 21.8. The van der Waals surface area contributed by atoms with Crippen molar-refractivity contribution in [3.63, 3.8) is 0 Å². The summed E-state index contributed by atoms with van der Waals surface area (Å²) >= 11 is 3.53. The average molecular weight is 318 g/mol. The highest BCUT2D eigenvalue weighted by Gasteiger charge is 2.21. The molecule has 0 radical (unpaired) electrons. The molecular formula is C14H18BrF2N. The number of nitrogens with zero attached hydrogens (tertiary/aromatic N) is 1. The number of halogens is 3. The molecule has 0 aromatic heterocycles. The van der Waals surface area contributed by atoms with Crippen LogP contribution in [0.5, 0.6) is 0 Å². The highest BCUT2D eigenvalue weighted by molar-refractivity contribution is 9.09. The van der Waals surface area contributed by atoms with E-state index >= 15 is 0 Å². The predicted octanol–water partition coefficient (Wildman–Crippen LogP) is 4.10. The van der Waals surface area contributed by atoms with Gasteiger partial charge < -0.3 is 0 Å². The number of hydrogen-bond acceptors (Lipinski definition) is 1. The summed E-state index contributed by atoms with van der Waals surface area (Å²) in [7, 11) is 0. The van der Waals surface area contributed by atoms with E-state index in [1.807, 2.05) is 0 Å². The third-order valence-corrected chi connectivity index (χ3v) is 4.31. The average Bonchev–Trinajstić information content (AvgIpc) is 2.57. The fraction of sp³-hybridized carbons (Fsp3) is 0.571. The van der Waals surface area contributed by atoms with Crippen LogP contribution in [0.3, 0.4) is 0 Å². The minimum Gasteiger partial charge on any atom is -0.295 e. The van der Waals surface area contributed by atoms with Crippen molar-refractivity contribution in [2.24, 2.45) is 0 Å². The zero-order valence-corrected chi connectivity index (χ0v) is 11.9. The summed E-state index contributed by atoms with van der Waals surface area (Å²) in [5, 5.41) is 0.913. The van der Waals surface area contributed by atoms with Gasteiger partial charge in [0.1, 0.15) is 11.6 Å². The number of hydrogen-bond donors (Lipinski definition) is 0. The van der Waals surface area contributed by atoms with Gasteiger partial charge in [-0.3, -0.25) is 4.90 Å². The number of alkyl halides is 1. The molecule has 1 aromatic carbocycles. The first kappa shape index (κ1) is 13.9. The first-order valence-corrected chi connectivity index (χ1v) is 7.57. The SMILES string of the molecule is Fc1ccc(CN2CCCCCC2CBr)c(F)c1. The fourth-order valence-electron chi connectivity index (χ4n) is 2.49. The van der Waals surface area contributed by atoms with Crippen LogP contribution in [0.25, 0.3) is 0 Å². The maximum atomic E-state index is 13.7. The van der Waals surface area contributed by atoms with Crippen LogP contribution in [-0.2, 0) is 6.54 Å². The standard InChI is InChI=1S/C14H18BrF2N/c15-9-13-4-2-1-3-7-18(13)10-11-5-6-12(16)8-14(11)17/h5-6,8,13H,1-4,7,9-10H2. The molecule has 1 unspecified atom stereocenters. The monoisotopic (exact) mass is 317 g/mol. The summed E-state index contributed by atoms with van der Waals surface area (Å²) in [4.78, 5) is 2.30. The van der Waals surface area contributed by atoms with Crippen molar-refractivity contribution in [1.82, 2.24) is 4.90 Å². The van der Waals surface area contributed by atoms with E-state index < -0.39 is 11.6 Å². The van der Waals surface area contributed by atoms with Crippen LogP contribution in [-0.4, -0.2) is 22.8 Å². The van der Waals surface area contributed by atoms with E-state index in [1.54, 1.807) is 6.07 Å². The Bertz CT molecular complexity index is 397. The Morgan fingerprint density at radius 1 is 1.22 bits per heavy atom. The molecule has 0 saturated carbocycles. The van der Waals surface area contributed by atoms with Crippen molar-refractivity contribution < 1.29 is 8.78 Å². The zero-order chi connectivity index (χ0) is 13.0. The first-order chi connectivity index (χ1) is 8.70. The highest BCUT2D eigenvalue weighted by atomic mass is 79.9. The lowest BCUT2D eigenvalue weighted by molar-refractivity contribution is 0.206. The Morgan fingerprint density at radius 3 is 2.78 bits per heavy atom. The molecule has 0 spiro atoms. The molecule has 1 aliphatic heterocycles. The summed E-state index contributed by atoms with van der Waals surface area (Å²) in [5.41, 5.74) is 0.587. The van der Waals surface area contributed by atoms with Crippen molar-refractivity contribution in [3.05, 3.63) is 35.4 Å². The van der Waals surface area contributed by atoms with Gasteiger partial charge in [0.05, 0.1) is 0 Å². The summed E-state index contributed by atoms with van der Waals surface area (Å²) in [6.07, 6.45) is 4.78. The molecule has 2 rings (SSSR count). The van der Waals surface area contributed by atoms with Gasteiger partial charge in [0.25, 0.3) is 0 Å². The number of likely N-dealkylation sites (tertiary alicyclic amines) is 1. The second kappa shape index (κ2) is 6.62. The lowest BCUT2D eigenvalue weighted by Crippen LogP contribution is -2.35. The van der Waals surface area contributed by atoms with Gasteiger partial charge in [-0.25, -0.2) is 8.78 Å². The molecule has 4 heteroatoms. The summed E-state index contributed by atoms with van der Waals surface area (Å²) < 4.78 is 26.5. The van der Waals surface area contributed by atoms with E-state index in [0.717, 1.165) is 30.8 Å². The third kappa shape index (κ3) is 3.51. The Hall–Kier alpha value is -0.480. The van der Waals surface area contributed by atoms with Crippen molar-refractivity contribution in [2.45, 2.75) is 38.3 Å². The molecule has 1 nitrogen and oxygen atoms in total. The fourth-order valence-corrected chi connectivity index (χ4v) is 3.22. The van der Waals surface area contributed by atoms with Gasteiger partial charge >= 0.3 is 0 Å². The van der Waals surface area contributed by atoms with Gasteiger partial charge in [0.2, 0.25) is 0 Å². The maximum Gasteiger partial charge on any atom is 0.130 e. The van der Waals surface area contributed by atoms with Crippen LogP contribution >= 0.6 is 15.9 Å². The zero-order valence-electron chi connectivity index (χ0n) is 10.3. The van der Waals surface area contributed by atoms with Crippen LogP contribution in [0.1, 0.15) is 31.2 Å². The van der Waals surface area contributed by atoms with E-state index in [2.05, 4.69) is 20.8 Å². The Labute approximate surface area is 115 Å². The van der Waals surface area contributed by atoms with Gasteiger partial charge in [0.15, 0.2) is 0 Å². The Morgan fingerprint density at radius 2 is 2.06 bits per heavy atom. The molecule has 100 valence electrons. The molecule has 18 heavy (non-hydrogen) atoms. The molecular weight excluding hydrogens is 300 g/mol. The third-order valence-electron chi connectivity index (χ3n) is 3.57. The predicted molar refractivity (Wildman–Crippen MR) is 72.8 cm³/mol. The number of benzene rings is 1. The van der Waals surface area contributed by atoms with Gasteiger partial charge in [-0.05, 0) is 25.5 Å². The van der Waals surface area contributed by atoms with Crippen LogP contribution in [0.15, 0.2) is 18.2 Å². The van der Waals surface area contributed by atoms with Crippen LogP contribution in [0.4, 0.5) is 8.78 Å². The largest absolute Gasteiger partial charge is 0.295 e. The second-order valence-electron chi connectivity index (χ2n) is 4.86. The molecule has 0 N–H and O–H groups in total. The molecule has 0 aliphatic carbocycles. The molecule has 1 fully saturated rings. The molecule has 0 bridgehead atoms. The van der Waals surface area contributed by atoms with E-state index in [0.29, 0.717) is 18.2 Å². The van der Waals surface area contributed by atoms with Crippen molar-refractivity contribution in [1.29, 1.82) is 0 Å². The molecule has 0 amide bonds. The molecule has 1 aliphatic rings. The quantitative estimate of drug-likeness (QED) is 0.758. The van der Waals surface area contributed by atoms with Gasteiger partial charge in [-0.2, -0.15) is 0 Å². The van der Waals surface area contributed by atoms with Crippen LogP contribution < -0.4 is 0 Å². The second-order valence-corrected chi connectivity index (χ2v) is 5.51. The lowest BCUT2D eigenvalue weighted by atomic mass is 10.1. The minimum atomic E-state index is -0.510. The highest BCUT2D eigenvalue weighted by Crippen LogP contribution is 2.21. The van der Waals surface area contributed by atoms with Crippen LogP contribution in [0.2, 0.25) is 0 Å². The number of rotatable bonds is 3. The van der Waals surface area contributed by atoms with Crippen LogP contribution in [0, 0.1) is 11.6 Å². The van der Waals surface area contributed by atoms with E-state index in [1.165, 1.54) is 18.9 Å². The molecule has 1 heterocycles. The van der Waals surface area contributed by atoms with E-state index in [9.17, 15) is 8.78 Å². The molecule has 1 aromatic rings. The Kier molecular flexibility index (Phi) is 5.13. The topological polar surface area (TPSA) is 3.24 Å². The Balaban J connectivity index is 2.10. The minimum absolute atomic E-state index is 0.437. The van der Waals surface area contributed by atoms with Gasteiger partial charge in [0, 0.05) is 29.5 Å². The summed E-state index contributed by atoms with van der Waals surface area (Å²) in [5.74, 6) is -0.947. The summed E-state index contributed by atoms with van der Waals surface area (Å²) in [6, 6.07) is 4.31. The maximum absolute atomic E-state index is 13.7. The first-order valence-electron chi connectivity index (χ1n) is 6.44. The lowest BCUT2D eigenvalue weighted by Gasteiger charge is -2.28. The van der Waals surface area contributed by atoms with Crippen molar-refractivity contribution in [3.8, 4) is 0 Å². The molecule has 1 atom stereocenters. The summed E-state index contributed by atoms with van der Waals surface area (Å²) in [6.45, 7) is 1.56. The van der Waals surface area contributed by atoms with Crippen molar-refractivity contribution >= 4 is 15.9 Å². The smallest absolute Gasteiger partial charge is 0.130 e. The van der Waals surface area contributed by atoms with E-state index in [4.69, 9.17) is 0 Å². The van der Waals surface area contributed by atoms with Crippen molar-refractivity contribution in [2.75, 3.05) is 11.9 Å². The van der Waals surface area contributed by atoms with E-state index in [-0.39, 0.29) is 0 Å². The van der Waals surface area contributed by atoms with Gasteiger partial charge in [-0.15, -0.1) is 0 Å². The van der Waals surface area contributed by atoms with Gasteiger partial charge in [-0.1, -0.05) is 34.8 Å². The molecule has 1 saturated heterocycles.